The van der Waals surface area contributed by atoms with Gasteiger partial charge in [-0.15, -0.1) is 0 Å². The normalized spacial score (nSPS) is 11.3. The Morgan fingerprint density at radius 1 is 1.18 bits per heavy atom. The van der Waals surface area contributed by atoms with Gasteiger partial charge in [0.1, 0.15) is 6.54 Å². The predicted octanol–water partition coefficient (Wildman–Crippen LogP) is 0.170. The molecule has 1 heterocycles. The van der Waals surface area contributed by atoms with Crippen molar-refractivity contribution in [2.24, 2.45) is 0 Å². The summed E-state index contributed by atoms with van der Waals surface area (Å²) in [5.74, 6) is 0. The Bertz CT molecular complexity index is 523. The lowest BCUT2D eigenvalue weighted by Crippen LogP contribution is -3.00. The van der Waals surface area contributed by atoms with Crippen LogP contribution in [-0.2, 0) is 12.7 Å². The fourth-order valence-electron chi connectivity index (χ4n) is 1.73. The third-order valence-electron chi connectivity index (χ3n) is 2.55. The molecule has 0 fully saturated rings. The number of fused-ring (bicyclic) bond motifs is 1. The molecule has 0 saturated carbocycles. The topological polar surface area (TPSA) is 3.88 Å². The fourth-order valence-corrected chi connectivity index (χ4v) is 1.73. The van der Waals surface area contributed by atoms with Gasteiger partial charge in [0.2, 0.25) is 5.52 Å². The van der Waals surface area contributed by atoms with Crippen LogP contribution < -0.4 is 21.5 Å². The highest BCUT2D eigenvalue weighted by molar-refractivity contribution is 5.76. The van der Waals surface area contributed by atoms with Gasteiger partial charge in [-0.3, -0.25) is 0 Å². The number of hydrogen-bond acceptors (Lipinski definition) is 0. The Balaban J connectivity index is 0.00000144. The molecule has 0 radical (unpaired) electrons. The van der Waals surface area contributed by atoms with E-state index in [4.69, 9.17) is 0 Å². The van der Waals surface area contributed by atoms with E-state index in [0.717, 1.165) is 18.1 Å². The number of rotatable bonds is 1. The van der Waals surface area contributed by atoms with Crippen molar-refractivity contribution in [2.45, 2.75) is 19.6 Å². The first kappa shape index (κ1) is 14.0. The molecule has 0 spiro atoms. The maximum absolute atomic E-state index is 12.5. The molecule has 0 unspecified atom stereocenters. The molecule has 2 aromatic rings. The van der Waals surface area contributed by atoms with Crippen molar-refractivity contribution in [3.8, 4) is 0 Å². The Labute approximate surface area is 108 Å². The van der Waals surface area contributed by atoms with Gasteiger partial charge in [-0.05, 0) is 25.1 Å². The first-order valence-corrected chi connectivity index (χ1v) is 5.02. The second-order valence-electron chi connectivity index (χ2n) is 3.57. The third kappa shape index (κ3) is 2.77. The summed E-state index contributed by atoms with van der Waals surface area (Å²) in [6.45, 7) is 2.69. The van der Waals surface area contributed by atoms with E-state index in [2.05, 4.69) is 0 Å². The Kier molecular flexibility index (Phi) is 4.14. The van der Waals surface area contributed by atoms with E-state index in [1.807, 2.05) is 17.7 Å². The van der Waals surface area contributed by atoms with Crippen molar-refractivity contribution in [2.75, 3.05) is 0 Å². The minimum Gasteiger partial charge on any atom is -1.00 e. The van der Waals surface area contributed by atoms with Gasteiger partial charge in [0, 0.05) is 17.5 Å². The summed E-state index contributed by atoms with van der Waals surface area (Å²) in [7, 11) is 0. The summed E-state index contributed by atoms with van der Waals surface area (Å²) in [4.78, 5) is 0. The molecule has 17 heavy (non-hydrogen) atoms. The molecule has 1 aromatic carbocycles. The van der Waals surface area contributed by atoms with Crippen LogP contribution in [0.4, 0.5) is 13.2 Å². The van der Waals surface area contributed by atoms with Gasteiger partial charge >= 0.3 is 6.18 Å². The van der Waals surface area contributed by atoms with Gasteiger partial charge in [-0.25, -0.2) is 0 Å². The first-order chi connectivity index (χ1) is 7.52. The summed E-state index contributed by atoms with van der Waals surface area (Å²) in [6, 6.07) is 7.26. The average molecular weight is 306 g/mol. The summed E-state index contributed by atoms with van der Waals surface area (Å²) in [5.41, 5.74) is 0.215. The van der Waals surface area contributed by atoms with Crippen LogP contribution in [0, 0.1) is 0 Å². The Morgan fingerprint density at radius 3 is 2.47 bits per heavy atom. The number of benzene rings is 1. The molecule has 0 saturated heterocycles. The van der Waals surface area contributed by atoms with Gasteiger partial charge in [0.25, 0.3) is 0 Å². The second-order valence-corrected chi connectivity index (χ2v) is 3.57. The number of halogens is 4. The van der Waals surface area contributed by atoms with Crippen LogP contribution in [0.3, 0.4) is 0 Å². The quantitative estimate of drug-likeness (QED) is 0.662. The number of nitrogens with zero attached hydrogens (tertiary/aromatic N) is 1. The molecule has 0 aliphatic rings. The van der Waals surface area contributed by atoms with E-state index in [-0.39, 0.29) is 17.0 Å². The van der Waals surface area contributed by atoms with Gasteiger partial charge < -0.3 is 17.0 Å². The molecule has 2 rings (SSSR count). The molecule has 0 aliphatic heterocycles. The van der Waals surface area contributed by atoms with Gasteiger partial charge in [0.05, 0.1) is 5.56 Å². The number of hydrogen-bond donors (Lipinski definition) is 0. The van der Waals surface area contributed by atoms with Crippen LogP contribution in [-0.4, -0.2) is 0 Å². The van der Waals surface area contributed by atoms with Crippen LogP contribution in [0.15, 0.2) is 36.5 Å². The van der Waals surface area contributed by atoms with Crippen molar-refractivity contribution >= 4 is 10.9 Å². The van der Waals surface area contributed by atoms with E-state index < -0.39 is 11.7 Å². The lowest BCUT2D eigenvalue weighted by atomic mass is 10.1. The molecule has 0 bridgehead atoms. The molecular formula is C12H11BrF3N. The smallest absolute Gasteiger partial charge is 0.416 e. The molecule has 0 amide bonds. The van der Waals surface area contributed by atoms with Crippen molar-refractivity contribution in [1.29, 1.82) is 0 Å². The van der Waals surface area contributed by atoms with Gasteiger partial charge in [-0.1, -0.05) is 0 Å². The number of alkyl halides is 3. The summed E-state index contributed by atoms with van der Waals surface area (Å²) in [5, 5.41) is 0.610. The second kappa shape index (κ2) is 5.04. The summed E-state index contributed by atoms with van der Waals surface area (Å²) >= 11 is 0. The van der Waals surface area contributed by atoms with E-state index in [9.17, 15) is 13.2 Å². The standard InChI is InChI=1S/C12H11F3N.BrH/c1-2-16-7-3-4-9-8-10(12(13,14)15)5-6-11(9)16;/h3-8H,2H2,1H3;1H/q+1;/p-1. The van der Waals surface area contributed by atoms with Crippen LogP contribution in [0.2, 0.25) is 0 Å². The monoisotopic (exact) mass is 305 g/mol. The highest BCUT2D eigenvalue weighted by Crippen LogP contribution is 2.30. The van der Waals surface area contributed by atoms with Crippen LogP contribution in [0.25, 0.3) is 10.9 Å². The minimum atomic E-state index is -4.28. The van der Waals surface area contributed by atoms with Crippen LogP contribution in [0.5, 0.6) is 0 Å². The average Bonchev–Trinajstić information content (AvgIpc) is 2.26. The predicted molar refractivity (Wildman–Crippen MR) is 54.8 cm³/mol. The first-order valence-electron chi connectivity index (χ1n) is 5.02. The van der Waals surface area contributed by atoms with Crippen molar-refractivity contribution < 1.29 is 34.7 Å². The molecule has 92 valence electrons. The van der Waals surface area contributed by atoms with E-state index >= 15 is 0 Å². The van der Waals surface area contributed by atoms with Crippen molar-refractivity contribution in [1.82, 2.24) is 0 Å². The largest absolute Gasteiger partial charge is 1.00 e. The van der Waals surface area contributed by atoms with Gasteiger partial charge in [0.15, 0.2) is 6.20 Å². The van der Waals surface area contributed by atoms with E-state index in [0.29, 0.717) is 5.39 Å². The van der Waals surface area contributed by atoms with Crippen molar-refractivity contribution in [3.05, 3.63) is 42.1 Å². The Hall–Kier alpha value is -1.10. The SMILES string of the molecule is CC[n+]1cccc2cc(C(F)(F)F)ccc21.[Br-]. The molecule has 1 nitrogen and oxygen atoms in total. The zero-order chi connectivity index (χ0) is 11.8. The lowest BCUT2D eigenvalue weighted by Gasteiger charge is -2.06. The molecule has 1 aromatic heterocycles. The highest BCUT2D eigenvalue weighted by atomic mass is 79.9. The Morgan fingerprint density at radius 2 is 1.88 bits per heavy atom. The van der Waals surface area contributed by atoms with Crippen LogP contribution in [0.1, 0.15) is 12.5 Å². The van der Waals surface area contributed by atoms with Gasteiger partial charge in [-0.2, -0.15) is 17.7 Å². The third-order valence-corrected chi connectivity index (χ3v) is 2.55. The lowest BCUT2D eigenvalue weighted by molar-refractivity contribution is -0.667. The number of pyridine rings is 1. The molecule has 0 atom stereocenters. The van der Waals surface area contributed by atoms with Crippen molar-refractivity contribution in [3.63, 3.8) is 0 Å². The molecule has 0 N–H and O–H groups in total. The number of aryl methyl sites for hydroxylation is 1. The molecular weight excluding hydrogens is 295 g/mol. The van der Waals surface area contributed by atoms with E-state index in [1.165, 1.54) is 12.1 Å². The fraction of sp³-hybridized carbons (Fsp3) is 0.250. The van der Waals surface area contributed by atoms with E-state index in [1.54, 1.807) is 12.1 Å². The summed E-state index contributed by atoms with van der Waals surface area (Å²) < 4.78 is 39.4. The number of aromatic nitrogens is 1. The summed E-state index contributed by atoms with van der Waals surface area (Å²) in [6.07, 6.45) is -2.42. The zero-order valence-corrected chi connectivity index (χ0v) is 10.7. The molecule has 5 heteroatoms. The van der Waals surface area contributed by atoms with Crippen LogP contribution >= 0.6 is 0 Å². The maximum atomic E-state index is 12.5. The zero-order valence-electron chi connectivity index (χ0n) is 9.13. The highest BCUT2D eigenvalue weighted by Gasteiger charge is 2.30. The maximum Gasteiger partial charge on any atom is 0.416 e. The minimum absolute atomic E-state index is 0. The molecule has 0 aliphatic carbocycles.